The molecule has 1 saturated heterocycles. The van der Waals surface area contributed by atoms with Crippen molar-refractivity contribution in [3.63, 3.8) is 0 Å². The molecule has 12 nitrogen and oxygen atoms in total. The lowest BCUT2D eigenvalue weighted by molar-refractivity contribution is -0.136. The minimum absolute atomic E-state index is 0.123. The first-order valence-corrected chi connectivity index (χ1v) is 20.3. The minimum Gasteiger partial charge on any atom is -0.453 e. The second-order valence-corrected chi connectivity index (χ2v) is 15.4. The summed E-state index contributed by atoms with van der Waals surface area (Å²) in [4.78, 5) is 50.9. The normalized spacial score (nSPS) is 21.5. The van der Waals surface area contributed by atoms with Gasteiger partial charge in [0.1, 0.15) is 6.04 Å². The number of amides is 3. The summed E-state index contributed by atoms with van der Waals surface area (Å²) in [6.07, 6.45) is 12.5. The first kappa shape index (κ1) is 41.9. The predicted octanol–water partition coefficient (Wildman–Crippen LogP) is 7.38. The van der Waals surface area contributed by atoms with E-state index in [1.807, 2.05) is 25.2 Å². The number of aromatic amines is 1. The number of aliphatic imine (C=N–C) groups is 1. The average Bonchev–Trinajstić information content (AvgIpc) is 4.12. The summed E-state index contributed by atoms with van der Waals surface area (Å²) in [6, 6.07) is 25.9. The molecule has 4 N–H and O–H groups in total. The maximum atomic E-state index is 13.3. The summed E-state index contributed by atoms with van der Waals surface area (Å²) in [5.41, 5.74) is 7.34. The van der Waals surface area contributed by atoms with Crippen molar-refractivity contribution in [1.29, 1.82) is 0 Å². The number of benzene rings is 3. The number of likely N-dealkylation sites (tertiary alicyclic amines) is 1. The highest BCUT2D eigenvalue weighted by molar-refractivity contribution is 5.89. The summed E-state index contributed by atoms with van der Waals surface area (Å²) >= 11 is 0. The van der Waals surface area contributed by atoms with E-state index in [1.165, 1.54) is 39.0 Å². The molecule has 58 heavy (non-hydrogen) atoms. The molecule has 12 heteroatoms. The number of carbonyl (C=O) groups excluding carboxylic acids is 3. The number of hydrogen-bond acceptors (Lipinski definition) is 8. The topological polar surface area (TPSA) is 150 Å². The van der Waals surface area contributed by atoms with Gasteiger partial charge in [0.05, 0.1) is 55.4 Å². The number of methoxy groups -OCH3 is 2. The lowest BCUT2D eigenvalue weighted by atomic mass is 9.88. The quantitative estimate of drug-likeness (QED) is 0.103. The van der Waals surface area contributed by atoms with Gasteiger partial charge < -0.3 is 35.3 Å². The van der Waals surface area contributed by atoms with E-state index in [1.54, 1.807) is 36.8 Å². The highest BCUT2D eigenvalue weighted by Gasteiger charge is 2.43. The first-order chi connectivity index (χ1) is 28.2. The Balaban J connectivity index is 0.000000260. The molecule has 7 atom stereocenters. The highest BCUT2D eigenvalue weighted by atomic mass is 16.5. The van der Waals surface area contributed by atoms with Gasteiger partial charge in [-0.25, -0.2) is 9.78 Å². The van der Waals surface area contributed by atoms with Crippen LogP contribution in [-0.2, 0) is 19.1 Å². The second kappa shape index (κ2) is 20.1. The van der Waals surface area contributed by atoms with E-state index in [-0.39, 0.29) is 29.8 Å². The van der Waals surface area contributed by atoms with E-state index in [4.69, 9.17) is 9.47 Å². The van der Waals surface area contributed by atoms with E-state index >= 15 is 0 Å². The van der Waals surface area contributed by atoms with Crippen LogP contribution in [0.25, 0.3) is 28.1 Å². The molecule has 4 aromatic rings. The predicted molar refractivity (Wildman–Crippen MR) is 227 cm³/mol. The Labute approximate surface area is 341 Å². The molecule has 2 saturated carbocycles. The van der Waals surface area contributed by atoms with E-state index in [2.05, 4.69) is 98.5 Å². The van der Waals surface area contributed by atoms with Crippen LogP contribution < -0.4 is 16.0 Å². The molecule has 3 amide bonds. The third-order valence-corrected chi connectivity index (χ3v) is 11.8. The lowest BCUT2D eigenvalue weighted by Crippen LogP contribution is -2.55. The highest BCUT2D eigenvalue weighted by Crippen LogP contribution is 2.48. The Morgan fingerprint density at radius 2 is 1.60 bits per heavy atom. The van der Waals surface area contributed by atoms with Crippen molar-refractivity contribution in [2.75, 3.05) is 27.8 Å². The SMILES string of the molecule is CN/C(=C\N=CC1CCCN1C(=O)C(NC(=O)OC)C(C)OC)c1ccc(-c2ccc(-c3cnc[nH]3)cc2)cc1.C[C@H](NC(=O)C1CC2CCC1C2)c1ccccc1. The van der Waals surface area contributed by atoms with E-state index in [0.717, 1.165) is 58.8 Å². The Morgan fingerprint density at radius 3 is 2.21 bits per heavy atom. The number of aromatic nitrogens is 2. The lowest BCUT2D eigenvalue weighted by Gasteiger charge is -2.29. The zero-order valence-electron chi connectivity index (χ0n) is 34.2. The molecule has 2 aliphatic carbocycles. The number of alkyl carbamates (subject to hydrolysis) is 1. The Morgan fingerprint density at radius 1 is 0.897 bits per heavy atom. The van der Waals surface area contributed by atoms with Crippen LogP contribution in [0, 0.1) is 17.8 Å². The summed E-state index contributed by atoms with van der Waals surface area (Å²) in [7, 11) is 4.62. The molecule has 1 aromatic heterocycles. The monoisotopic (exact) mass is 787 g/mol. The molecular weight excluding hydrogens is 731 g/mol. The van der Waals surface area contributed by atoms with Crippen LogP contribution in [0.3, 0.4) is 0 Å². The molecule has 0 radical (unpaired) electrons. The molecule has 2 bridgehead atoms. The van der Waals surface area contributed by atoms with Crippen molar-refractivity contribution in [3.8, 4) is 22.4 Å². The molecule has 6 unspecified atom stereocenters. The van der Waals surface area contributed by atoms with Crippen LogP contribution in [0.1, 0.15) is 69.5 Å². The van der Waals surface area contributed by atoms with Crippen LogP contribution in [0.15, 0.2) is 103 Å². The van der Waals surface area contributed by atoms with Gasteiger partial charge in [0, 0.05) is 32.8 Å². The Hall–Kier alpha value is -5.75. The molecule has 3 aromatic carbocycles. The molecular formula is C46H57N7O5. The van der Waals surface area contributed by atoms with Crippen LogP contribution in [0.5, 0.6) is 0 Å². The van der Waals surface area contributed by atoms with E-state index in [0.29, 0.717) is 12.5 Å². The molecule has 306 valence electrons. The molecule has 2 heterocycles. The summed E-state index contributed by atoms with van der Waals surface area (Å²) in [5, 5.41) is 8.99. The number of nitrogens with one attached hydrogen (secondary N) is 4. The second-order valence-electron chi connectivity index (χ2n) is 15.4. The fourth-order valence-corrected chi connectivity index (χ4v) is 8.41. The number of fused-ring (bicyclic) bond motifs is 2. The fourth-order valence-electron chi connectivity index (χ4n) is 8.41. The average molecular weight is 788 g/mol. The maximum absolute atomic E-state index is 13.3. The van der Waals surface area contributed by atoms with Crippen molar-refractivity contribution in [2.24, 2.45) is 22.7 Å². The summed E-state index contributed by atoms with van der Waals surface area (Å²) in [6.45, 7) is 4.39. The number of nitrogens with zero attached hydrogens (tertiary/aromatic N) is 3. The zero-order chi connectivity index (χ0) is 41.0. The van der Waals surface area contributed by atoms with Crippen LogP contribution >= 0.6 is 0 Å². The van der Waals surface area contributed by atoms with Gasteiger partial charge in [-0.15, -0.1) is 0 Å². The van der Waals surface area contributed by atoms with Crippen molar-refractivity contribution >= 4 is 29.8 Å². The summed E-state index contributed by atoms with van der Waals surface area (Å²) < 4.78 is 10.0. The third kappa shape index (κ3) is 10.4. The number of rotatable bonds is 13. The van der Waals surface area contributed by atoms with Gasteiger partial charge in [-0.3, -0.25) is 14.6 Å². The molecule has 7 rings (SSSR count). The van der Waals surface area contributed by atoms with E-state index in [9.17, 15) is 14.4 Å². The van der Waals surface area contributed by atoms with E-state index < -0.39 is 18.2 Å². The van der Waals surface area contributed by atoms with Gasteiger partial charge >= 0.3 is 6.09 Å². The zero-order valence-corrected chi connectivity index (χ0v) is 34.2. The fraction of sp³-hybridized carbons (Fsp3) is 0.413. The number of H-pyrrole nitrogens is 1. The summed E-state index contributed by atoms with van der Waals surface area (Å²) in [5.74, 6) is 1.84. The van der Waals surface area contributed by atoms with Crippen LogP contribution in [0.4, 0.5) is 4.79 Å². The molecule has 0 spiro atoms. The van der Waals surface area contributed by atoms with Crippen molar-refractivity contribution < 1.29 is 23.9 Å². The van der Waals surface area contributed by atoms with Gasteiger partial charge in [-0.1, -0.05) is 85.3 Å². The van der Waals surface area contributed by atoms with Crippen molar-refractivity contribution in [2.45, 2.75) is 76.6 Å². The van der Waals surface area contributed by atoms with Gasteiger partial charge in [-0.2, -0.15) is 0 Å². The molecule has 3 fully saturated rings. The van der Waals surface area contributed by atoms with Gasteiger partial charge in [0.2, 0.25) is 11.8 Å². The number of ether oxygens (including phenoxy) is 2. The number of imidazole rings is 1. The Kier molecular flexibility index (Phi) is 14.5. The molecule has 3 aliphatic rings. The molecule has 1 aliphatic heterocycles. The minimum atomic E-state index is -0.852. The maximum Gasteiger partial charge on any atom is 0.407 e. The standard InChI is InChI=1S/C30H36N6O4.C16H21NO/c1-20(39-3)28(35-30(38)40-4)29(37)36-15-5-6-25(36)16-32-17-26(31-2)23-11-7-21(8-12-23)22-9-13-24(14-10-22)27-18-33-19-34-27;1-11(13-5-3-2-4-6-13)17-16(18)15-10-12-7-8-14(15)9-12/h7-14,16-20,25,28,31H,5-6,15H2,1-4H3,(H,33,34)(H,35,38);2-6,11-12,14-15H,7-10H2,1H3,(H,17,18)/b26-17-,32-16?;/t;11-,12?,14?,15?/m.0/s1. The van der Waals surface area contributed by atoms with Gasteiger partial charge in [0.15, 0.2) is 0 Å². The Bertz CT molecular complexity index is 2000. The smallest absolute Gasteiger partial charge is 0.407 e. The number of carbonyl (C=O) groups is 3. The van der Waals surface area contributed by atoms with Crippen molar-refractivity contribution in [3.05, 3.63) is 109 Å². The largest absolute Gasteiger partial charge is 0.453 e. The first-order valence-electron chi connectivity index (χ1n) is 20.3. The number of hydrogen-bond donors (Lipinski definition) is 4. The van der Waals surface area contributed by atoms with Gasteiger partial charge in [-0.05, 0) is 85.6 Å². The van der Waals surface area contributed by atoms with Gasteiger partial charge in [0.25, 0.3) is 0 Å². The third-order valence-electron chi connectivity index (χ3n) is 11.8. The van der Waals surface area contributed by atoms with Crippen LogP contribution in [0.2, 0.25) is 0 Å². The van der Waals surface area contributed by atoms with Crippen LogP contribution in [-0.4, -0.2) is 85.0 Å². The van der Waals surface area contributed by atoms with Crippen molar-refractivity contribution in [1.82, 2.24) is 30.8 Å².